The number of benzene rings is 1. The van der Waals surface area contributed by atoms with E-state index in [0.717, 1.165) is 38.5 Å². The number of piperidine rings is 1. The summed E-state index contributed by atoms with van der Waals surface area (Å²) >= 11 is 18.6. The highest BCUT2D eigenvalue weighted by Crippen LogP contribution is 2.68. The second kappa shape index (κ2) is 5.94. The maximum atomic E-state index is 12.2. The number of alkyl halides is 3. The summed E-state index contributed by atoms with van der Waals surface area (Å²) in [5.41, 5.74) is 1.83. The van der Waals surface area contributed by atoms with Crippen LogP contribution in [0.2, 0.25) is 0 Å². The van der Waals surface area contributed by atoms with E-state index in [0.29, 0.717) is 13.0 Å². The molecule has 4 rings (SSSR count). The SMILES string of the molecule is O=C(O)N1CCC(CC(Cl)(Cl)Cl)C23CCCCC12c1ccccc1C3. The fourth-order valence-corrected chi connectivity index (χ4v) is 6.71. The van der Waals surface area contributed by atoms with Gasteiger partial charge in [-0.05, 0) is 49.1 Å². The summed E-state index contributed by atoms with van der Waals surface area (Å²) in [6.07, 6.45) is 5.33. The first-order valence-electron chi connectivity index (χ1n) is 8.96. The van der Waals surface area contributed by atoms with Gasteiger partial charge in [0.1, 0.15) is 0 Å². The molecule has 0 aromatic heterocycles. The Labute approximate surface area is 163 Å². The Bertz CT molecular complexity index is 704. The second-order valence-electron chi connectivity index (χ2n) is 7.80. The molecule has 0 bridgehead atoms. The molecule has 3 atom stereocenters. The second-order valence-corrected chi connectivity index (χ2v) is 10.3. The van der Waals surface area contributed by atoms with E-state index in [2.05, 4.69) is 12.1 Å². The van der Waals surface area contributed by atoms with Crippen molar-refractivity contribution in [1.82, 2.24) is 4.90 Å². The van der Waals surface area contributed by atoms with Crippen molar-refractivity contribution in [3.8, 4) is 0 Å². The number of fused-ring (bicyclic) bond motifs is 1. The van der Waals surface area contributed by atoms with Gasteiger partial charge in [0.2, 0.25) is 0 Å². The van der Waals surface area contributed by atoms with Gasteiger partial charge < -0.3 is 5.11 Å². The lowest BCUT2D eigenvalue weighted by molar-refractivity contribution is -0.121. The molecule has 1 aromatic rings. The van der Waals surface area contributed by atoms with Crippen LogP contribution in [0, 0.1) is 11.3 Å². The van der Waals surface area contributed by atoms with Crippen LogP contribution in [0.5, 0.6) is 0 Å². The molecule has 1 saturated carbocycles. The zero-order valence-electron chi connectivity index (χ0n) is 14.0. The van der Waals surface area contributed by atoms with Crippen LogP contribution in [0.25, 0.3) is 0 Å². The Kier molecular flexibility index (Phi) is 4.22. The molecule has 3 unspecified atom stereocenters. The minimum Gasteiger partial charge on any atom is -0.465 e. The summed E-state index contributed by atoms with van der Waals surface area (Å²) in [6, 6.07) is 8.34. The van der Waals surface area contributed by atoms with Crippen LogP contribution < -0.4 is 0 Å². The number of rotatable bonds is 1. The van der Waals surface area contributed by atoms with Crippen molar-refractivity contribution in [2.45, 2.75) is 54.3 Å². The van der Waals surface area contributed by atoms with E-state index >= 15 is 0 Å². The van der Waals surface area contributed by atoms with Crippen molar-refractivity contribution in [3.63, 3.8) is 0 Å². The molecule has 1 amide bonds. The molecular weight excluding hydrogens is 381 g/mol. The smallest absolute Gasteiger partial charge is 0.408 e. The van der Waals surface area contributed by atoms with E-state index < -0.39 is 15.4 Å². The fraction of sp³-hybridized carbons (Fsp3) is 0.632. The lowest BCUT2D eigenvalue weighted by Crippen LogP contribution is -2.65. The third kappa shape index (κ3) is 2.49. The number of hydrogen-bond acceptors (Lipinski definition) is 1. The van der Waals surface area contributed by atoms with Crippen molar-refractivity contribution in [2.24, 2.45) is 11.3 Å². The van der Waals surface area contributed by atoms with Gasteiger partial charge in [-0.2, -0.15) is 0 Å². The molecule has 2 fully saturated rings. The van der Waals surface area contributed by atoms with E-state index in [4.69, 9.17) is 34.8 Å². The van der Waals surface area contributed by atoms with Crippen LogP contribution >= 0.6 is 34.8 Å². The molecule has 2 aliphatic carbocycles. The monoisotopic (exact) mass is 401 g/mol. The van der Waals surface area contributed by atoms with Gasteiger partial charge in [0.05, 0.1) is 5.54 Å². The maximum Gasteiger partial charge on any atom is 0.408 e. The van der Waals surface area contributed by atoms with Crippen LogP contribution in [0.1, 0.15) is 49.7 Å². The predicted octanol–water partition coefficient (Wildman–Crippen LogP) is 5.76. The summed E-state index contributed by atoms with van der Waals surface area (Å²) in [5.74, 6) is 0.211. The molecule has 6 heteroatoms. The number of hydrogen-bond donors (Lipinski definition) is 1. The van der Waals surface area contributed by atoms with Crippen LogP contribution in [0.15, 0.2) is 24.3 Å². The Hall–Kier alpha value is -0.640. The number of amides is 1. The molecule has 1 saturated heterocycles. The molecule has 3 nitrogen and oxygen atoms in total. The summed E-state index contributed by atoms with van der Waals surface area (Å²) in [6.45, 7) is 0.511. The normalized spacial score (nSPS) is 34.2. The number of carbonyl (C=O) groups is 1. The van der Waals surface area contributed by atoms with Gasteiger partial charge in [-0.15, -0.1) is 0 Å². The quantitative estimate of drug-likeness (QED) is 0.607. The third-order valence-corrected chi connectivity index (χ3v) is 7.32. The van der Waals surface area contributed by atoms with Gasteiger partial charge in [0, 0.05) is 12.0 Å². The maximum absolute atomic E-state index is 12.2. The molecule has 1 N–H and O–H groups in total. The van der Waals surface area contributed by atoms with E-state index in [9.17, 15) is 9.90 Å². The largest absolute Gasteiger partial charge is 0.465 e. The summed E-state index contributed by atoms with van der Waals surface area (Å²) in [5, 5.41) is 10.0. The Balaban J connectivity index is 1.91. The number of halogens is 3. The number of nitrogens with zero attached hydrogens (tertiary/aromatic N) is 1. The average Bonchev–Trinajstić information content (AvgIpc) is 2.86. The first-order chi connectivity index (χ1) is 11.8. The minimum absolute atomic E-state index is 0.157. The zero-order valence-corrected chi connectivity index (χ0v) is 16.2. The Morgan fingerprint density at radius 2 is 1.96 bits per heavy atom. The van der Waals surface area contributed by atoms with Gasteiger partial charge in [-0.1, -0.05) is 71.9 Å². The van der Waals surface area contributed by atoms with E-state index in [1.54, 1.807) is 4.90 Å². The molecule has 3 aliphatic rings. The first kappa shape index (κ1) is 17.8. The molecular formula is C19H22Cl3NO2. The van der Waals surface area contributed by atoms with Crippen molar-refractivity contribution in [2.75, 3.05) is 6.54 Å². The van der Waals surface area contributed by atoms with Crippen LogP contribution in [0.3, 0.4) is 0 Å². The fourth-order valence-electron chi connectivity index (χ4n) is 6.16. The molecule has 0 radical (unpaired) electrons. The summed E-state index contributed by atoms with van der Waals surface area (Å²) < 4.78 is -1.30. The lowest BCUT2D eigenvalue weighted by atomic mass is 9.52. The standard InChI is InChI=1S/C19H22Cl3NO2/c20-19(21,22)12-14-7-10-23(16(24)25)18-9-4-3-8-17(14,18)11-13-5-1-2-6-15(13)18/h1-2,5-6,14H,3-4,7-12H2,(H,24,25). The van der Waals surface area contributed by atoms with Crippen LogP contribution in [-0.2, 0) is 12.0 Å². The van der Waals surface area contributed by atoms with Crippen molar-refractivity contribution >= 4 is 40.9 Å². The van der Waals surface area contributed by atoms with Gasteiger partial charge in [0.15, 0.2) is 3.79 Å². The lowest BCUT2D eigenvalue weighted by Gasteiger charge is -2.61. The van der Waals surface area contributed by atoms with E-state index in [-0.39, 0.29) is 11.3 Å². The van der Waals surface area contributed by atoms with E-state index in [1.807, 2.05) is 12.1 Å². The molecule has 25 heavy (non-hydrogen) atoms. The highest BCUT2D eigenvalue weighted by atomic mass is 35.6. The summed E-state index contributed by atoms with van der Waals surface area (Å²) in [4.78, 5) is 13.9. The number of likely N-dealkylation sites (tertiary alicyclic amines) is 1. The molecule has 1 aliphatic heterocycles. The van der Waals surface area contributed by atoms with Crippen molar-refractivity contribution in [1.29, 1.82) is 0 Å². The van der Waals surface area contributed by atoms with Gasteiger partial charge >= 0.3 is 6.09 Å². The van der Waals surface area contributed by atoms with E-state index in [1.165, 1.54) is 11.1 Å². The average molecular weight is 403 g/mol. The minimum atomic E-state index is -1.30. The van der Waals surface area contributed by atoms with Crippen molar-refractivity contribution < 1.29 is 9.90 Å². The molecule has 1 heterocycles. The van der Waals surface area contributed by atoms with Gasteiger partial charge in [0.25, 0.3) is 0 Å². The third-order valence-electron chi connectivity index (χ3n) is 6.86. The van der Waals surface area contributed by atoms with Gasteiger partial charge in [-0.25, -0.2) is 4.79 Å². The number of carboxylic acid groups (broad SMARTS) is 1. The zero-order chi connectivity index (χ0) is 17.9. The summed E-state index contributed by atoms with van der Waals surface area (Å²) in [7, 11) is 0. The Morgan fingerprint density at radius 1 is 1.24 bits per heavy atom. The van der Waals surface area contributed by atoms with Crippen LogP contribution in [0.4, 0.5) is 4.79 Å². The van der Waals surface area contributed by atoms with Crippen molar-refractivity contribution in [3.05, 3.63) is 35.4 Å². The highest BCUT2D eigenvalue weighted by molar-refractivity contribution is 6.67. The molecule has 0 spiro atoms. The molecule has 1 aromatic carbocycles. The predicted molar refractivity (Wildman–Crippen MR) is 100 cm³/mol. The molecule has 136 valence electrons. The Morgan fingerprint density at radius 3 is 2.68 bits per heavy atom. The van der Waals surface area contributed by atoms with Gasteiger partial charge in [-0.3, -0.25) is 4.90 Å². The topological polar surface area (TPSA) is 40.5 Å². The highest BCUT2D eigenvalue weighted by Gasteiger charge is 2.67. The first-order valence-corrected chi connectivity index (χ1v) is 10.1. The van der Waals surface area contributed by atoms with Crippen LogP contribution in [-0.4, -0.2) is 26.4 Å².